The van der Waals surface area contributed by atoms with Crippen LogP contribution in [0.25, 0.3) is 0 Å². The minimum absolute atomic E-state index is 0.199. The quantitative estimate of drug-likeness (QED) is 0.766. The minimum Gasteiger partial charge on any atom is -0.355 e. The van der Waals surface area contributed by atoms with Crippen LogP contribution in [0.3, 0.4) is 0 Å². The summed E-state index contributed by atoms with van der Waals surface area (Å²) in [6.07, 6.45) is 0. The first-order chi connectivity index (χ1) is 11.9. The van der Waals surface area contributed by atoms with E-state index in [1.54, 1.807) is 50.4 Å². The maximum absolute atomic E-state index is 12.1. The second kappa shape index (κ2) is 8.30. The number of anilines is 1. The van der Waals surface area contributed by atoms with Gasteiger partial charge in [-0.1, -0.05) is 23.7 Å². The standard InChI is InChI=1S/C18H18ClN3O3/c1-11-14(18(25)20-2)7-4-8-15(11)22-16(23)10-21-17(24)12-5-3-6-13(19)9-12/h3-9H,10H2,1-2H3,(H,20,25)(H,21,24)(H,22,23). The maximum Gasteiger partial charge on any atom is 0.251 e. The van der Waals surface area contributed by atoms with Crippen molar-refractivity contribution in [3.05, 3.63) is 64.2 Å². The van der Waals surface area contributed by atoms with Gasteiger partial charge >= 0.3 is 0 Å². The molecule has 2 aromatic rings. The Bertz CT molecular complexity index is 821. The number of carbonyl (C=O) groups excluding carboxylic acids is 3. The molecule has 2 aromatic carbocycles. The molecule has 0 radical (unpaired) electrons. The van der Waals surface area contributed by atoms with Crippen molar-refractivity contribution in [2.45, 2.75) is 6.92 Å². The number of halogens is 1. The van der Waals surface area contributed by atoms with Gasteiger partial charge in [0, 0.05) is 28.9 Å². The lowest BCUT2D eigenvalue weighted by Gasteiger charge is -2.12. The second-order valence-electron chi connectivity index (χ2n) is 5.30. The molecular weight excluding hydrogens is 342 g/mol. The number of hydrogen-bond acceptors (Lipinski definition) is 3. The lowest BCUT2D eigenvalue weighted by Crippen LogP contribution is -2.33. The third kappa shape index (κ3) is 4.81. The van der Waals surface area contributed by atoms with E-state index in [9.17, 15) is 14.4 Å². The van der Waals surface area contributed by atoms with Crippen LogP contribution in [0.1, 0.15) is 26.3 Å². The van der Waals surface area contributed by atoms with Gasteiger partial charge in [-0.3, -0.25) is 14.4 Å². The number of benzene rings is 2. The summed E-state index contributed by atoms with van der Waals surface area (Å²) >= 11 is 5.84. The van der Waals surface area contributed by atoms with E-state index >= 15 is 0 Å². The molecule has 0 unspecified atom stereocenters. The maximum atomic E-state index is 12.1. The Morgan fingerprint density at radius 2 is 1.76 bits per heavy atom. The topological polar surface area (TPSA) is 87.3 Å². The second-order valence-corrected chi connectivity index (χ2v) is 5.73. The number of carbonyl (C=O) groups is 3. The van der Waals surface area contributed by atoms with Crippen molar-refractivity contribution in [3.8, 4) is 0 Å². The van der Waals surface area contributed by atoms with Gasteiger partial charge in [-0.15, -0.1) is 0 Å². The Balaban J connectivity index is 1.99. The van der Waals surface area contributed by atoms with Crippen molar-refractivity contribution >= 4 is 35.0 Å². The van der Waals surface area contributed by atoms with Gasteiger partial charge in [-0.25, -0.2) is 0 Å². The van der Waals surface area contributed by atoms with Gasteiger partial charge in [0.05, 0.1) is 6.54 Å². The van der Waals surface area contributed by atoms with Gasteiger partial charge in [0.15, 0.2) is 0 Å². The summed E-state index contributed by atoms with van der Waals surface area (Å²) in [7, 11) is 1.54. The zero-order valence-electron chi connectivity index (χ0n) is 13.9. The third-order valence-corrected chi connectivity index (χ3v) is 3.81. The molecule has 3 N–H and O–H groups in total. The average Bonchev–Trinajstić information content (AvgIpc) is 2.60. The summed E-state index contributed by atoms with van der Waals surface area (Å²) in [6, 6.07) is 11.5. The fourth-order valence-corrected chi connectivity index (χ4v) is 2.43. The minimum atomic E-state index is -0.396. The Morgan fingerprint density at radius 1 is 1.04 bits per heavy atom. The Hall–Kier alpha value is -2.86. The van der Waals surface area contributed by atoms with E-state index in [1.807, 2.05) is 0 Å². The highest BCUT2D eigenvalue weighted by Gasteiger charge is 2.13. The molecule has 0 fully saturated rings. The Morgan fingerprint density at radius 3 is 2.44 bits per heavy atom. The van der Waals surface area contributed by atoms with Crippen LogP contribution in [-0.4, -0.2) is 31.3 Å². The fourth-order valence-electron chi connectivity index (χ4n) is 2.24. The molecule has 7 heteroatoms. The highest BCUT2D eigenvalue weighted by molar-refractivity contribution is 6.31. The molecule has 0 aliphatic rings. The van der Waals surface area contributed by atoms with Crippen molar-refractivity contribution in [1.29, 1.82) is 0 Å². The van der Waals surface area contributed by atoms with Gasteiger partial charge in [0.1, 0.15) is 0 Å². The first-order valence-corrected chi connectivity index (χ1v) is 7.95. The van der Waals surface area contributed by atoms with Crippen molar-refractivity contribution in [1.82, 2.24) is 10.6 Å². The van der Waals surface area contributed by atoms with Gasteiger partial charge < -0.3 is 16.0 Å². The van der Waals surface area contributed by atoms with Crippen molar-refractivity contribution < 1.29 is 14.4 Å². The highest BCUT2D eigenvalue weighted by atomic mass is 35.5. The molecule has 0 heterocycles. The van der Waals surface area contributed by atoms with Crippen LogP contribution in [0.15, 0.2) is 42.5 Å². The molecular formula is C18H18ClN3O3. The van der Waals surface area contributed by atoms with Crippen molar-refractivity contribution in [3.63, 3.8) is 0 Å². The van der Waals surface area contributed by atoms with Gasteiger partial charge in [0.2, 0.25) is 5.91 Å². The molecule has 0 aliphatic heterocycles. The zero-order valence-corrected chi connectivity index (χ0v) is 14.6. The van der Waals surface area contributed by atoms with Crippen LogP contribution >= 0.6 is 11.6 Å². The molecule has 0 saturated heterocycles. The summed E-state index contributed by atoms with van der Waals surface area (Å²) in [5.74, 6) is -1.02. The predicted octanol–water partition coefficient (Wildman–Crippen LogP) is 2.38. The van der Waals surface area contributed by atoms with Crippen molar-refractivity contribution in [2.24, 2.45) is 0 Å². The normalized spacial score (nSPS) is 10.0. The van der Waals surface area contributed by atoms with E-state index in [1.165, 1.54) is 6.07 Å². The molecule has 2 rings (SSSR count). The summed E-state index contributed by atoms with van der Waals surface area (Å²) in [6.45, 7) is 1.54. The van der Waals surface area contributed by atoms with Gasteiger partial charge in [0.25, 0.3) is 11.8 Å². The molecule has 130 valence electrons. The molecule has 0 aliphatic carbocycles. The van der Waals surface area contributed by atoms with Crippen LogP contribution in [0.4, 0.5) is 5.69 Å². The molecule has 0 spiro atoms. The SMILES string of the molecule is CNC(=O)c1cccc(NC(=O)CNC(=O)c2cccc(Cl)c2)c1C. The third-order valence-electron chi connectivity index (χ3n) is 3.58. The molecule has 3 amide bonds. The summed E-state index contributed by atoms with van der Waals surface area (Å²) in [5, 5.41) is 8.20. The highest BCUT2D eigenvalue weighted by Crippen LogP contribution is 2.18. The first kappa shape index (κ1) is 18.5. The summed E-state index contributed by atoms with van der Waals surface area (Å²) in [4.78, 5) is 35.8. The smallest absolute Gasteiger partial charge is 0.251 e. The van der Waals surface area contributed by atoms with Crippen LogP contribution in [0.2, 0.25) is 5.02 Å². The van der Waals surface area contributed by atoms with Crippen molar-refractivity contribution in [2.75, 3.05) is 18.9 Å². The lowest BCUT2D eigenvalue weighted by atomic mass is 10.1. The molecule has 0 bridgehead atoms. The molecule has 0 aromatic heterocycles. The molecule has 6 nitrogen and oxygen atoms in total. The molecule has 25 heavy (non-hydrogen) atoms. The lowest BCUT2D eigenvalue weighted by molar-refractivity contribution is -0.115. The number of rotatable bonds is 5. The summed E-state index contributed by atoms with van der Waals surface area (Å²) in [5.41, 5.74) is 2.01. The average molecular weight is 360 g/mol. The van der Waals surface area contributed by atoms with E-state index in [-0.39, 0.29) is 12.5 Å². The summed E-state index contributed by atoms with van der Waals surface area (Å²) < 4.78 is 0. The monoisotopic (exact) mass is 359 g/mol. The molecule has 0 atom stereocenters. The van der Waals surface area contributed by atoms with Gasteiger partial charge in [-0.2, -0.15) is 0 Å². The predicted molar refractivity (Wildman–Crippen MR) is 97.0 cm³/mol. The largest absolute Gasteiger partial charge is 0.355 e. The van der Waals surface area contributed by atoms with Crippen LogP contribution in [0.5, 0.6) is 0 Å². The van der Waals surface area contributed by atoms with E-state index in [2.05, 4.69) is 16.0 Å². The van der Waals surface area contributed by atoms with Crippen LogP contribution in [0, 0.1) is 6.92 Å². The zero-order chi connectivity index (χ0) is 18.4. The van der Waals surface area contributed by atoms with E-state index in [4.69, 9.17) is 11.6 Å². The van der Waals surface area contributed by atoms with E-state index in [0.29, 0.717) is 27.4 Å². The first-order valence-electron chi connectivity index (χ1n) is 7.57. The van der Waals surface area contributed by atoms with Gasteiger partial charge in [-0.05, 0) is 42.8 Å². The fraction of sp³-hybridized carbons (Fsp3) is 0.167. The number of amides is 3. The Labute approximate surface area is 150 Å². The van der Waals surface area contributed by atoms with E-state index < -0.39 is 11.8 Å². The van der Waals surface area contributed by atoms with Crippen LogP contribution < -0.4 is 16.0 Å². The molecule has 0 saturated carbocycles. The number of hydrogen-bond donors (Lipinski definition) is 3. The number of nitrogens with one attached hydrogen (secondary N) is 3. The Kier molecular flexibility index (Phi) is 6.14. The van der Waals surface area contributed by atoms with Crippen LogP contribution in [-0.2, 0) is 4.79 Å². The van der Waals surface area contributed by atoms with E-state index in [0.717, 1.165) is 0 Å².